The highest BCUT2D eigenvalue weighted by atomic mass is 35.5. The van der Waals surface area contributed by atoms with Gasteiger partial charge in [-0.05, 0) is 12.8 Å². The van der Waals surface area contributed by atoms with Gasteiger partial charge in [-0.25, -0.2) is 13.2 Å². The number of amides is 1. The number of rotatable bonds is 4. The van der Waals surface area contributed by atoms with Gasteiger partial charge in [0, 0.05) is 38.3 Å². The van der Waals surface area contributed by atoms with E-state index in [1.807, 2.05) is 0 Å². The Morgan fingerprint density at radius 2 is 2.15 bits per heavy atom. The number of nitrogens with one attached hydrogen (secondary N) is 1. The van der Waals surface area contributed by atoms with E-state index in [-0.39, 0.29) is 48.1 Å². The molecule has 2 saturated heterocycles. The van der Waals surface area contributed by atoms with Crippen LogP contribution >= 0.6 is 12.4 Å². The van der Waals surface area contributed by atoms with Crippen molar-refractivity contribution in [3.8, 4) is 0 Å². The predicted octanol–water partition coefficient (Wildman–Crippen LogP) is 0.0729. The van der Waals surface area contributed by atoms with Crippen molar-refractivity contribution in [2.75, 3.05) is 39.8 Å². The zero-order chi connectivity index (χ0) is 18.0. The summed E-state index contributed by atoms with van der Waals surface area (Å²) in [5.41, 5.74) is 0.0481. The minimum absolute atomic E-state index is 0. The zero-order valence-electron chi connectivity index (χ0n) is 14.3. The van der Waals surface area contributed by atoms with Gasteiger partial charge in [-0.3, -0.25) is 4.79 Å². The molecule has 0 spiro atoms. The monoisotopic (exact) mass is 407 g/mol. The number of hydrogen-bond acceptors (Lipinski definition) is 7. The summed E-state index contributed by atoms with van der Waals surface area (Å²) in [7, 11) is -2.66. The summed E-state index contributed by atoms with van der Waals surface area (Å²) in [5.74, 6) is -0.672. The highest BCUT2D eigenvalue weighted by Crippen LogP contribution is 2.25. The summed E-state index contributed by atoms with van der Waals surface area (Å²) in [5, 5.41) is 2.72. The highest BCUT2D eigenvalue weighted by molar-refractivity contribution is 7.89. The minimum atomic E-state index is -3.87. The number of sulfonamides is 1. The van der Waals surface area contributed by atoms with Gasteiger partial charge < -0.3 is 19.4 Å². The van der Waals surface area contributed by atoms with Crippen molar-refractivity contribution in [3.05, 3.63) is 17.9 Å². The van der Waals surface area contributed by atoms with E-state index in [9.17, 15) is 18.0 Å². The average molecular weight is 408 g/mol. The number of piperazine rings is 1. The van der Waals surface area contributed by atoms with Gasteiger partial charge in [-0.2, -0.15) is 4.31 Å². The van der Waals surface area contributed by atoms with Crippen LogP contribution in [0.2, 0.25) is 0 Å². The number of furan rings is 1. The number of ether oxygens (including phenoxy) is 1. The maximum Gasteiger partial charge on any atom is 0.341 e. The molecule has 0 radical (unpaired) electrons. The second kappa shape index (κ2) is 8.38. The van der Waals surface area contributed by atoms with Crippen LogP contribution in [0.1, 0.15) is 23.2 Å². The lowest BCUT2D eigenvalue weighted by Gasteiger charge is -2.40. The number of methoxy groups -OCH3 is 1. The third-order valence-corrected chi connectivity index (χ3v) is 6.25. The molecule has 1 aromatic rings. The Morgan fingerprint density at radius 1 is 1.38 bits per heavy atom. The Labute approximate surface area is 158 Å². The second-order valence-electron chi connectivity index (χ2n) is 6.07. The molecular weight excluding hydrogens is 386 g/mol. The molecule has 1 aromatic heterocycles. The molecule has 1 amide bonds. The zero-order valence-corrected chi connectivity index (χ0v) is 16.0. The number of hydrogen-bond donors (Lipinski definition) is 1. The summed E-state index contributed by atoms with van der Waals surface area (Å²) in [6.07, 6.45) is 2.50. The fraction of sp³-hybridized carbons (Fsp3) is 0.600. The highest BCUT2D eigenvalue weighted by Gasteiger charge is 2.36. The molecule has 26 heavy (non-hydrogen) atoms. The molecule has 1 unspecified atom stereocenters. The summed E-state index contributed by atoms with van der Waals surface area (Å²) in [6, 6.07) is 1.02. The van der Waals surface area contributed by atoms with Gasteiger partial charge in [0.25, 0.3) is 10.0 Å². The van der Waals surface area contributed by atoms with Crippen molar-refractivity contribution in [3.63, 3.8) is 0 Å². The van der Waals surface area contributed by atoms with Crippen LogP contribution in [-0.4, -0.2) is 75.4 Å². The first-order valence-electron chi connectivity index (χ1n) is 8.10. The first-order valence-corrected chi connectivity index (χ1v) is 9.54. The van der Waals surface area contributed by atoms with Crippen LogP contribution in [0, 0.1) is 0 Å². The molecule has 2 aliphatic heterocycles. The Morgan fingerprint density at radius 3 is 2.85 bits per heavy atom. The lowest BCUT2D eigenvalue weighted by atomic mass is 10.1. The van der Waals surface area contributed by atoms with Crippen molar-refractivity contribution in [1.82, 2.24) is 14.5 Å². The van der Waals surface area contributed by atoms with Gasteiger partial charge in [0.05, 0.1) is 19.2 Å². The van der Waals surface area contributed by atoms with Gasteiger partial charge in [0.15, 0.2) is 0 Å². The standard InChI is InChI=1S/C15H21N3O6S.ClH/c1-23-15(20)11-7-14(24-10-11)25(21,22)17-5-2-3-12(9-17)18-6-4-16-8-13(18)19;/h7,10,12,16H,2-6,8-9H2,1H3;1H. The van der Waals surface area contributed by atoms with Crippen LogP contribution in [0.15, 0.2) is 21.8 Å². The fourth-order valence-corrected chi connectivity index (χ4v) is 4.64. The number of halogens is 1. The largest absolute Gasteiger partial charge is 0.465 e. The van der Waals surface area contributed by atoms with Crippen LogP contribution in [0.25, 0.3) is 0 Å². The topological polar surface area (TPSA) is 109 Å². The summed E-state index contributed by atoms with van der Waals surface area (Å²) >= 11 is 0. The van der Waals surface area contributed by atoms with Gasteiger partial charge in [0.1, 0.15) is 6.26 Å². The number of esters is 1. The smallest absolute Gasteiger partial charge is 0.341 e. The molecule has 0 saturated carbocycles. The summed E-state index contributed by atoms with van der Waals surface area (Å²) in [6.45, 7) is 2.14. The Balaban J connectivity index is 0.00000243. The number of carbonyl (C=O) groups excluding carboxylic acids is 2. The summed E-state index contributed by atoms with van der Waals surface area (Å²) in [4.78, 5) is 25.3. The molecule has 3 rings (SSSR count). The SMILES string of the molecule is COC(=O)c1coc(S(=O)(=O)N2CCCC(N3CCNCC3=O)C2)c1.Cl. The van der Waals surface area contributed by atoms with Crippen LogP contribution in [0.4, 0.5) is 0 Å². The van der Waals surface area contributed by atoms with Crippen molar-refractivity contribution in [1.29, 1.82) is 0 Å². The molecule has 0 aliphatic carbocycles. The van der Waals surface area contributed by atoms with Crippen LogP contribution in [0.3, 0.4) is 0 Å². The van der Waals surface area contributed by atoms with Gasteiger partial charge in [-0.1, -0.05) is 0 Å². The predicted molar refractivity (Wildman–Crippen MR) is 93.7 cm³/mol. The van der Waals surface area contributed by atoms with E-state index in [0.29, 0.717) is 26.1 Å². The van der Waals surface area contributed by atoms with E-state index in [2.05, 4.69) is 10.1 Å². The molecule has 3 heterocycles. The van der Waals surface area contributed by atoms with Crippen molar-refractivity contribution in [2.24, 2.45) is 0 Å². The van der Waals surface area contributed by atoms with Crippen molar-refractivity contribution >= 4 is 34.3 Å². The molecular formula is C15H22ClN3O6S. The average Bonchev–Trinajstić information content (AvgIpc) is 3.12. The molecule has 2 aliphatic rings. The van der Waals surface area contributed by atoms with E-state index in [1.165, 1.54) is 17.5 Å². The molecule has 2 fully saturated rings. The van der Waals surface area contributed by atoms with E-state index < -0.39 is 16.0 Å². The van der Waals surface area contributed by atoms with Crippen LogP contribution in [-0.2, 0) is 19.6 Å². The minimum Gasteiger partial charge on any atom is -0.465 e. The number of nitrogens with zero attached hydrogens (tertiary/aromatic N) is 2. The summed E-state index contributed by atoms with van der Waals surface area (Å²) < 4.78 is 36.5. The quantitative estimate of drug-likeness (QED) is 0.703. The Bertz CT molecular complexity index is 765. The Kier molecular flexibility index (Phi) is 6.67. The molecule has 0 aromatic carbocycles. The lowest BCUT2D eigenvalue weighted by Crippen LogP contribution is -2.57. The maximum atomic E-state index is 12.8. The van der Waals surface area contributed by atoms with Gasteiger partial charge in [-0.15, -0.1) is 12.4 Å². The van der Waals surface area contributed by atoms with Crippen LogP contribution < -0.4 is 5.32 Å². The van der Waals surface area contributed by atoms with Crippen molar-refractivity contribution < 1.29 is 27.2 Å². The van der Waals surface area contributed by atoms with Gasteiger partial charge in [0.2, 0.25) is 11.0 Å². The molecule has 11 heteroatoms. The first-order chi connectivity index (χ1) is 11.9. The molecule has 1 N–H and O–H groups in total. The Hall–Kier alpha value is -1.62. The lowest BCUT2D eigenvalue weighted by molar-refractivity contribution is -0.135. The third kappa shape index (κ3) is 4.03. The van der Waals surface area contributed by atoms with Crippen molar-refractivity contribution in [2.45, 2.75) is 24.0 Å². The van der Waals surface area contributed by atoms with Gasteiger partial charge >= 0.3 is 5.97 Å². The first kappa shape index (κ1) is 20.7. The van der Waals surface area contributed by atoms with E-state index >= 15 is 0 Å². The van der Waals surface area contributed by atoms with Crippen LogP contribution in [0.5, 0.6) is 0 Å². The third-order valence-electron chi connectivity index (χ3n) is 4.52. The van der Waals surface area contributed by atoms with E-state index in [0.717, 1.165) is 12.7 Å². The maximum absolute atomic E-state index is 12.8. The van der Waals surface area contributed by atoms with E-state index in [1.54, 1.807) is 4.90 Å². The molecule has 1 atom stereocenters. The molecule has 9 nitrogen and oxygen atoms in total. The fourth-order valence-electron chi connectivity index (χ4n) is 3.20. The van der Waals surface area contributed by atoms with E-state index in [4.69, 9.17) is 4.42 Å². The number of piperidine rings is 1. The second-order valence-corrected chi connectivity index (χ2v) is 7.94. The number of carbonyl (C=O) groups is 2. The molecule has 146 valence electrons. The molecule has 0 bridgehead atoms. The normalized spacial score (nSPS) is 22.0.